The zero-order valence-corrected chi connectivity index (χ0v) is 13.2. The van der Waals surface area contributed by atoms with Gasteiger partial charge in [0.2, 0.25) is 11.8 Å². The van der Waals surface area contributed by atoms with Crippen LogP contribution in [0.1, 0.15) is 6.42 Å². The summed E-state index contributed by atoms with van der Waals surface area (Å²) < 4.78 is 1.65. The smallest absolute Gasteiger partial charge is 0.246 e. The van der Waals surface area contributed by atoms with Gasteiger partial charge in [0.1, 0.15) is 6.54 Å². The molecule has 2 N–H and O–H groups in total. The minimum absolute atomic E-state index is 0.0840. The highest BCUT2D eigenvalue weighted by molar-refractivity contribution is 7.98. The van der Waals surface area contributed by atoms with Crippen LogP contribution in [0.25, 0.3) is 0 Å². The van der Waals surface area contributed by atoms with Gasteiger partial charge in [-0.2, -0.15) is 16.9 Å². The molecule has 1 aliphatic heterocycles. The number of hydrogen-bond donors (Lipinski definition) is 1. The highest BCUT2D eigenvalue weighted by Crippen LogP contribution is 2.16. The molecule has 1 aliphatic rings. The average Bonchev–Trinajstić information content (AvgIpc) is 2.90. The number of anilines is 1. The van der Waals surface area contributed by atoms with Gasteiger partial charge in [-0.05, 0) is 18.4 Å². The lowest BCUT2D eigenvalue weighted by molar-refractivity contribution is -0.137. The molecule has 0 spiro atoms. The van der Waals surface area contributed by atoms with Gasteiger partial charge >= 0.3 is 0 Å². The number of piperazine rings is 1. The molecule has 8 heteroatoms. The van der Waals surface area contributed by atoms with Gasteiger partial charge in [0.05, 0.1) is 17.9 Å². The highest BCUT2D eigenvalue weighted by Gasteiger charge is 2.30. The van der Waals surface area contributed by atoms with Crippen molar-refractivity contribution in [3.05, 3.63) is 12.4 Å². The number of carbonyl (C=O) groups excluding carboxylic acids is 2. The van der Waals surface area contributed by atoms with Crippen LogP contribution in [0, 0.1) is 0 Å². The van der Waals surface area contributed by atoms with Gasteiger partial charge in [-0.3, -0.25) is 14.3 Å². The fourth-order valence-corrected chi connectivity index (χ4v) is 2.77. The molecule has 7 nitrogen and oxygen atoms in total. The summed E-state index contributed by atoms with van der Waals surface area (Å²) in [5.74, 6) is 0.610. The lowest BCUT2D eigenvalue weighted by Gasteiger charge is -2.34. The second-order valence-corrected chi connectivity index (χ2v) is 6.05. The maximum Gasteiger partial charge on any atom is 0.246 e. The molecule has 0 unspecified atom stereocenters. The molecule has 0 aromatic carbocycles. The summed E-state index contributed by atoms with van der Waals surface area (Å²) >= 11 is 1.66. The predicted molar refractivity (Wildman–Crippen MR) is 83.1 cm³/mol. The first-order valence-corrected chi connectivity index (χ1v) is 8.24. The zero-order valence-electron chi connectivity index (χ0n) is 12.4. The molecule has 1 atom stereocenters. The van der Waals surface area contributed by atoms with Crippen molar-refractivity contribution in [2.45, 2.75) is 12.5 Å². The van der Waals surface area contributed by atoms with Crippen LogP contribution in [0.5, 0.6) is 0 Å². The molecule has 0 radical (unpaired) electrons. The molecule has 2 amide bonds. The number of nitrogens with two attached hydrogens (primary N) is 1. The Morgan fingerprint density at radius 2 is 2.29 bits per heavy atom. The molecule has 1 saturated heterocycles. The third-order valence-electron chi connectivity index (χ3n) is 3.49. The van der Waals surface area contributed by atoms with E-state index in [-0.39, 0.29) is 18.4 Å². The first-order chi connectivity index (χ1) is 10.0. The van der Waals surface area contributed by atoms with Crippen LogP contribution < -0.4 is 10.6 Å². The number of amides is 2. The summed E-state index contributed by atoms with van der Waals surface area (Å²) in [4.78, 5) is 27.6. The van der Waals surface area contributed by atoms with E-state index in [4.69, 9.17) is 5.73 Å². The lowest BCUT2D eigenvalue weighted by atomic mass is 10.2. The van der Waals surface area contributed by atoms with Crippen LogP contribution in [0.3, 0.4) is 0 Å². The van der Waals surface area contributed by atoms with Crippen molar-refractivity contribution >= 4 is 29.3 Å². The normalized spacial score (nSPS) is 17.2. The van der Waals surface area contributed by atoms with Gasteiger partial charge in [-0.15, -0.1) is 0 Å². The van der Waals surface area contributed by atoms with Crippen LogP contribution in [0.4, 0.5) is 5.69 Å². The summed E-state index contributed by atoms with van der Waals surface area (Å²) in [6.45, 7) is 1.07. The molecule has 1 aromatic rings. The molecule has 1 fully saturated rings. The topological polar surface area (TPSA) is 84.5 Å². The molecule has 0 saturated carbocycles. The summed E-state index contributed by atoms with van der Waals surface area (Å²) in [5.41, 5.74) is 6.65. The van der Waals surface area contributed by atoms with Crippen LogP contribution in [0.15, 0.2) is 12.4 Å². The molecule has 2 rings (SSSR count). The molecule has 1 aromatic heterocycles. The average molecular weight is 311 g/mol. The van der Waals surface area contributed by atoms with Crippen molar-refractivity contribution in [2.24, 2.45) is 12.8 Å². The van der Waals surface area contributed by atoms with E-state index in [2.05, 4.69) is 5.10 Å². The minimum Gasteiger partial charge on any atom is -0.330 e. The molecule has 2 heterocycles. The van der Waals surface area contributed by atoms with Crippen molar-refractivity contribution in [1.29, 1.82) is 0 Å². The Bertz CT molecular complexity index is 518. The largest absolute Gasteiger partial charge is 0.330 e. The summed E-state index contributed by atoms with van der Waals surface area (Å²) in [5, 5.41) is 4.06. The van der Waals surface area contributed by atoms with E-state index < -0.39 is 6.04 Å². The third kappa shape index (κ3) is 3.76. The Balaban J connectivity index is 1.94. The Hall–Kier alpha value is -1.54. The van der Waals surface area contributed by atoms with Gasteiger partial charge in [-0.25, -0.2) is 0 Å². The molecule has 0 bridgehead atoms. The van der Waals surface area contributed by atoms with Crippen LogP contribution in [-0.4, -0.2) is 64.2 Å². The number of aryl methyl sites for hydroxylation is 1. The predicted octanol–water partition coefficient (Wildman–Crippen LogP) is -0.324. The third-order valence-corrected chi connectivity index (χ3v) is 4.13. The van der Waals surface area contributed by atoms with Crippen molar-refractivity contribution in [1.82, 2.24) is 14.7 Å². The van der Waals surface area contributed by atoms with Crippen molar-refractivity contribution in [3.63, 3.8) is 0 Å². The Morgan fingerprint density at radius 1 is 1.52 bits per heavy atom. The quantitative estimate of drug-likeness (QED) is 0.805. The summed E-state index contributed by atoms with van der Waals surface area (Å²) in [6, 6.07) is -0.518. The second-order valence-electron chi connectivity index (χ2n) is 5.07. The van der Waals surface area contributed by atoms with E-state index in [0.29, 0.717) is 19.5 Å². The monoisotopic (exact) mass is 311 g/mol. The number of thioether (sulfide) groups is 1. The maximum atomic E-state index is 12.2. The van der Waals surface area contributed by atoms with Crippen LogP contribution in [0.2, 0.25) is 0 Å². The maximum absolute atomic E-state index is 12.2. The first-order valence-electron chi connectivity index (χ1n) is 6.85. The summed E-state index contributed by atoms with van der Waals surface area (Å²) in [6.07, 6.45) is 6.06. The first kappa shape index (κ1) is 15.8. The van der Waals surface area contributed by atoms with E-state index in [1.165, 1.54) is 0 Å². The van der Waals surface area contributed by atoms with Gasteiger partial charge in [0, 0.05) is 26.3 Å². The highest BCUT2D eigenvalue weighted by atomic mass is 32.2. The van der Waals surface area contributed by atoms with Gasteiger partial charge < -0.3 is 15.5 Å². The number of carbonyl (C=O) groups is 2. The van der Waals surface area contributed by atoms with Crippen molar-refractivity contribution in [2.75, 3.05) is 36.5 Å². The van der Waals surface area contributed by atoms with Crippen LogP contribution in [-0.2, 0) is 16.6 Å². The van der Waals surface area contributed by atoms with Crippen molar-refractivity contribution < 1.29 is 9.59 Å². The summed E-state index contributed by atoms with van der Waals surface area (Å²) in [7, 11) is 1.80. The van der Waals surface area contributed by atoms with E-state index in [1.54, 1.807) is 45.7 Å². The Kier molecular flexibility index (Phi) is 5.24. The van der Waals surface area contributed by atoms with E-state index >= 15 is 0 Å². The van der Waals surface area contributed by atoms with E-state index in [9.17, 15) is 9.59 Å². The van der Waals surface area contributed by atoms with Gasteiger partial charge in [-0.1, -0.05) is 0 Å². The van der Waals surface area contributed by atoms with Gasteiger partial charge in [0.15, 0.2) is 0 Å². The van der Waals surface area contributed by atoms with E-state index in [0.717, 1.165) is 11.4 Å². The molecular weight excluding hydrogens is 290 g/mol. The fourth-order valence-electron chi connectivity index (χ4n) is 2.28. The van der Waals surface area contributed by atoms with Crippen LogP contribution >= 0.6 is 11.8 Å². The molecule has 0 aliphatic carbocycles. The molecule has 21 heavy (non-hydrogen) atoms. The van der Waals surface area contributed by atoms with Gasteiger partial charge in [0.25, 0.3) is 0 Å². The van der Waals surface area contributed by atoms with E-state index in [1.807, 2.05) is 6.26 Å². The Labute approximate surface area is 128 Å². The second kappa shape index (κ2) is 6.95. The number of aromatic nitrogens is 2. The Morgan fingerprint density at radius 3 is 2.86 bits per heavy atom. The fraction of sp³-hybridized carbons (Fsp3) is 0.615. The zero-order chi connectivity index (χ0) is 15.4. The SMILES string of the molecule is CSCC[C@H](N)C(=O)N1CCN(c2cnn(C)c2)C(=O)C1. The number of rotatable bonds is 5. The lowest BCUT2D eigenvalue weighted by Crippen LogP contribution is -2.55. The molecule has 116 valence electrons. The number of nitrogens with zero attached hydrogens (tertiary/aromatic N) is 4. The standard InChI is InChI=1S/C13H21N5O2S/c1-16-8-10(7-15-16)18-5-4-17(9-12(18)19)13(20)11(14)3-6-21-2/h7-8,11H,3-6,9,14H2,1-2H3/t11-/m0/s1. The minimum atomic E-state index is -0.518. The van der Waals surface area contributed by atoms with Crippen molar-refractivity contribution in [3.8, 4) is 0 Å². The molecular formula is C13H21N5O2S. The number of hydrogen-bond acceptors (Lipinski definition) is 5.